The first-order chi connectivity index (χ1) is 37.9. The van der Waals surface area contributed by atoms with Crippen molar-refractivity contribution < 1.29 is 0 Å². The second-order valence-corrected chi connectivity index (χ2v) is 28.3. The lowest BCUT2D eigenvalue weighted by atomic mass is 9.33. The summed E-state index contributed by atoms with van der Waals surface area (Å²) in [5.74, 6) is 0. The Morgan fingerprint density at radius 1 is 0.350 bits per heavy atom. The molecule has 0 radical (unpaired) electrons. The van der Waals surface area contributed by atoms with Crippen LogP contribution >= 0.6 is 0 Å². The highest BCUT2D eigenvalue weighted by molar-refractivity contribution is 7.00. The summed E-state index contributed by atoms with van der Waals surface area (Å²) >= 11 is 0. The van der Waals surface area contributed by atoms with Crippen LogP contribution in [0.4, 0.5) is 45.5 Å². The summed E-state index contributed by atoms with van der Waals surface area (Å²) in [5.41, 5.74) is 27.5. The third-order valence-corrected chi connectivity index (χ3v) is 19.2. The van der Waals surface area contributed by atoms with Gasteiger partial charge in [0.25, 0.3) is 6.71 Å². The molecule has 3 aliphatic heterocycles. The lowest BCUT2D eigenvalue weighted by Crippen LogP contribution is -2.62. The fourth-order valence-corrected chi connectivity index (χ4v) is 14.0. The van der Waals surface area contributed by atoms with Gasteiger partial charge in [0.05, 0.1) is 16.9 Å². The van der Waals surface area contributed by atoms with Gasteiger partial charge in [-0.15, -0.1) is 0 Å². The molecule has 1 fully saturated rings. The van der Waals surface area contributed by atoms with Gasteiger partial charge in [-0.2, -0.15) is 0 Å². The standard InChI is InChI=1S/C76H78BN3/c1-71(2,3)53-32-37-63(58(43-53)50-26-20-16-21-27-50)78-66-36-30-52(49-24-18-15-19-25-49)42-62(66)77-61-35-31-56(74(10,11)12)46-67(61)79(64-38-33-54(72(4,5)6)44-59(64)51-28-22-17-23-29-51)69-48-57(47-68(78)70(69)77)80-65-39-34-55(73(7,8)9)45-60(65)75(13)40-41-76(75,80)14/h15-39,42-48H,40-41H2,1-14H3. The van der Waals surface area contributed by atoms with Crippen molar-refractivity contribution in [1.29, 1.82) is 0 Å². The minimum Gasteiger partial charge on any atom is -0.334 e. The Morgan fingerprint density at radius 3 is 1.27 bits per heavy atom. The third-order valence-electron chi connectivity index (χ3n) is 19.2. The van der Waals surface area contributed by atoms with Crippen molar-refractivity contribution in [2.45, 2.75) is 142 Å². The van der Waals surface area contributed by atoms with Crippen molar-refractivity contribution in [1.82, 2.24) is 0 Å². The van der Waals surface area contributed by atoms with Gasteiger partial charge in [0, 0.05) is 50.7 Å². The van der Waals surface area contributed by atoms with E-state index >= 15 is 0 Å². The molecular weight excluding hydrogens is 966 g/mol. The van der Waals surface area contributed by atoms with E-state index in [1.54, 1.807) is 0 Å². The van der Waals surface area contributed by atoms with Gasteiger partial charge in [0.15, 0.2) is 0 Å². The number of hydrogen-bond acceptors (Lipinski definition) is 3. The second kappa shape index (κ2) is 18.0. The van der Waals surface area contributed by atoms with E-state index in [0.29, 0.717) is 0 Å². The molecule has 13 rings (SSSR count). The number of rotatable bonds is 6. The van der Waals surface area contributed by atoms with Gasteiger partial charge in [-0.1, -0.05) is 230 Å². The molecule has 9 aromatic carbocycles. The minimum absolute atomic E-state index is 0.0238. The van der Waals surface area contributed by atoms with Gasteiger partial charge >= 0.3 is 0 Å². The molecule has 400 valence electrons. The second-order valence-electron chi connectivity index (χ2n) is 28.3. The molecule has 0 spiro atoms. The molecule has 1 saturated carbocycles. The van der Waals surface area contributed by atoms with Crippen LogP contribution in [-0.2, 0) is 27.1 Å². The van der Waals surface area contributed by atoms with Crippen LogP contribution in [0.15, 0.2) is 194 Å². The quantitative estimate of drug-likeness (QED) is 0.154. The maximum absolute atomic E-state index is 2.79. The number of fused-ring (bicyclic) bond motifs is 7. The van der Waals surface area contributed by atoms with Crippen molar-refractivity contribution in [3.8, 4) is 33.4 Å². The third kappa shape index (κ3) is 8.05. The van der Waals surface area contributed by atoms with Crippen LogP contribution in [0.3, 0.4) is 0 Å². The molecule has 3 nitrogen and oxygen atoms in total. The molecule has 4 heteroatoms. The highest BCUT2D eigenvalue weighted by atomic mass is 15.3. The van der Waals surface area contributed by atoms with Crippen LogP contribution in [0.25, 0.3) is 33.4 Å². The molecule has 4 aliphatic rings. The normalized spacial score (nSPS) is 18.3. The fraction of sp³-hybridized carbons (Fsp3) is 0.289. The van der Waals surface area contributed by atoms with Gasteiger partial charge < -0.3 is 14.7 Å². The van der Waals surface area contributed by atoms with Crippen molar-refractivity contribution in [2.24, 2.45) is 0 Å². The number of anilines is 8. The van der Waals surface area contributed by atoms with Gasteiger partial charge in [-0.05, 0) is 162 Å². The van der Waals surface area contributed by atoms with Crippen LogP contribution in [0, 0.1) is 0 Å². The van der Waals surface area contributed by atoms with Crippen LogP contribution < -0.4 is 31.1 Å². The van der Waals surface area contributed by atoms with Crippen molar-refractivity contribution in [2.75, 3.05) is 14.7 Å². The molecule has 0 amide bonds. The van der Waals surface area contributed by atoms with E-state index in [9.17, 15) is 0 Å². The summed E-state index contributed by atoms with van der Waals surface area (Å²) in [4.78, 5) is 8.16. The average molecular weight is 1040 g/mol. The van der Waals surface area contributed by atoms with Gasteiger partial charge in [-0.3, -0.25) is 0 Å². The highest BCUT2D eigenvalue weighted by Gasteiger charge is 2.63. The summed E-state index contributed by atoms with van der Waals surface area (Å²) in [7, 11) is 0. The van der Waals surface area contributed by atoms with Crippen LogP contribution in [0.1, 0.15) is 138 Å². The summed E-state index contributed by atoms with van der Waals surface area (Å²) < 4.78 is 0. The van der Waals surface area contributed by atoms with Crippen molar-refractivity contribution in [3.63, 3.8) is 0 Å². The first kappa shape index (κ1) is 51.9. The molecule has 80 heavy (non-hydrogen) atoms. The largest absolute Gasteiger partial charge is 0.334 e. The van der Waals surface area contributed by atoms with E-state index in [4.69, 9.17) is 0 Å². The van der Waals surface area contributed by atoms with Crippen LogP contribution in [-0.4, -0.2) is 12.3 Å². The Balaban J connectivity index is 1.20. The van der Waals surface area contributed by atoms with E-state index in [1.165, 1.54) is 123 Å². The molecule has 0 N–H and O–H groups in total. The Morgan fingerprint density at radius 2 is 0.787 bits per heavy atom. The number of hydrogen-bond donors (Lipinski definition) is 0. The first-order valence-electron chi connectivity index (χ1n) is 29.4. The van der Waals surface area contributed by atoms with Crippen LogP contribution in [0.2, 0.25) is 0 Å². The molecule has 2 unspecified atom stereocenters. The van der Waals surface area contributed by atoms with E-state index in [2.05, 4.69) is 306 Å². The van der Waals surface area contributed by atoms with Crippen molar-refractivity contribution in [3.05, 3.63) is 222 Å². The predicted octanol–water partition coefficient (Wildman–Crippen LogP) is 18.9. The van der Waals surface area contributed by atoms with Crippen LogP contribution in [0.5, 0.6) is 0 Å². The maximum atomic E-state index is 2.79. The van der Waals surface area contributed by atoms with Gasteiger partial charge in [-0.25, -0.2) is 0 Å². The lowest BCUT2D eigenvalue weighted by Gasteiger charge is -2.56. The summed E-state index contributed by atoms with van der Waals surface area (Å²) in [6.45, 7) is 33.2. The molecule has 0 aromatic heterocycles. The lowest BCUT2D eigenvalue weighted by molar-refractivity contribution is 0.133. The topological polar surface area (TPSA) is 9.72 Å². The molecule has 0 saturated heterocycles. The monoisotopic (exact) mass is 1040 g/mol. The van der Waals surface area contributed by atoms with E-state index in [-0.39, 0.29) is 39.3 Å². The zero-order valence-electron chi connectivity index (χ0n) is 49.8. The smallest absolute Gasteiger partial charge is 0.252 e. The zero-order valence-corrected chi connectivity index (χ0v) is 49.8. The summed E-state index contributed by atoms with van der Waals surface area (Å²) in [5, 5.41) is 0. The minimum atomic E-state index is -0.155. The molecule has 1 aliphatic carbocycles. The molecule has 2 atom stereocenters. The predicted molar refractivity (Wildman–Crippen MR) is 345 cm³/mol. The molecular formula is C76H78BN3. The Kier molecular flexibility index (Phi) is 11.7. The zero-order chi connectivity index (χ0) is 56.1. The van der Waals surface area contributed by atoms with Gasteiger partial charge in [0.1, 0.15) is 0 Å². The van der Waals surface area contributed by atoms with E-state index in [0.717, 1.165) is 12.8 Å². The molecule has 3 heterocycles. The maximum Gasteiger partial charge on any atom is 0.252 e. The average Bonchev–Trinajstić information content (AvgIpc) is 3.77. The van der Waals surface area contributed by atoms with Gasteiger partial charge in [0.2, 0.25) is 0 Å². The number of nitrogens with zero attached hydrogens (tertiary/aromatic N) is 3. The molecule has 0 bridgehead atoms. The number of benzene rings is 9. The first-order valence-corrected chi connectivity index (χ1v) is 29.4. The van der Waals surface area contributed by atoms with E-state index < -0.39 is 0 Å². The molecule has 9 aromatic rings. The van der Waals surface area contributed by atoms with Crippen molar-refractivity contribution >= 4 is 68.6 Å². The Hall–Kier alpha value is -7.56. The summed E-state index contributed by atoms with van der Waals surface area (Å²) in [6, 6.07) is 75.4. The summed E-state index contributed by atoms with van der Waals surface area (Å²) in [6.07, 6.45) is 2.26. The fourth-order valence-electron chi connectivity index (χ4n) is 14.0. The SMILES string of the molecule is CC(C)(C)c1ccc(N2c3ccc(-c4ccccc4)cc3B3c4ccc(C(C)(C)C)cc4N(c4ccc(C(C)(C)C)cc4-c4ccccc4)c4cc(N5c6ccc(C(C)(C)C)cc6C6(C)CCC56C)cc2c43)c(-c2ccccc2)c1. The Bertz CT molecular complexity index is 3920. The highest BCUT2D eigenvalue weighted by Crippen LogP contribution is 2.66. The van der Waals surface area contributed by atoms with E-state index in [1.807, 2.05) is 0 Å². The Labute approximate surface area is 478 Å².